The molecule has 0 saturated carbocycles. The summed E-state index contributed by atoms with van der Waals surface area (Å²) in [6.45, 7) is 2.44. The van der Waals surface area contributed by atoms with Crippen LogP contribution in [0.3, 0.4) is 0 Å². The van der Waals surface area contributed by atoms with Crippen LogP contribution in [0, 0.1) is 0 Å². The minimum absolute atomic E-state index is 0.325. The Morgan fingerprint density at radius 1 is 1.09 bits per heavy atom. The third-order valence-electron chi connectivity index (χ3n) is 2.98. The SMILES string of the molecule is CCOC(=O)c1ccc(OC)c(OCc2ccc(Cl)cc2)c1. The van der Waals surface area contributed by atoms with Crippen LogP contribution in [0.5, 0.6) is 11.5 Å². The number of halogens is 1. The van der Waals surface area contributed by atoms with E-state index in [1.807, 2.05) is 12.1 Å². The van der Waals surface area contributed by atoms with Gasteiger partial charge in [-0.25, -0.2) is 4.79 Å². The third-order valence-corrected chi connectivity index (χ3v) is 3.23. The summed E-state index contributed by atoms with van der Waals surface area (Å²) in [5.74, 6) is 0.659. The number of benzene rings is 2. The molecule has 116 valence electrons. The molecule has 0 saturated heterocycles. The minimum Gasteiger partial charge on any atom is -0.493 e. The maximum absolute atomic E-state index is 11.8. The van der Waals surface area contributed by atoms with Crippen LogP contribution in [0.15, 0.2) is 42.5 Å². The number of ether oxygens (including phenoxy) is 3. The second-order valence-electron chi connectivity index (χ2n) is 4.50. The van der Waals surface area contributed by atoms with E-state index in [9.17, 15) is 4.79 Å². The predicted molar refractivity (Wildman–Crippen MR) is 84.7 cm³/mol. The molecule has 0 radical (unpaired) electrons. The van der Waals surface area contributed by atoms with Gasteiger partial charge in [-0.2, -0.15) is 0 Å². The number of carbonyl (C=O) groups is 1. The van der Waals surface area contributed by atoms with Gasteiger partial charge in [0, 0.05) is 5.02 Å². The van der Waals surface area contributed by atoms with E-state index in [-0.39, 0.29) is 5.97 Å². The van der Waals surface area contributed by atoms with Crippen molar-refractivity contribution in [2.45, 2.75) is 13.5 Å². The highest BCUT2D eigenvalue weighted by Gasteiger charge is 2.12. The fourth-order valence-electron chi connectivity index (χ4n) is 1.87. The van der Waals surface area contributed by atoms with Crippen LogP contribution in [0.1, 0.15) is 22.8 Å². The van der Waals surface area contributed by atoms with Crippen LogP contribution in [0.4, 0.5) is 0 Å². The van der Waals surface area contributed by atoms with E-state index < -0.39 is 0 Å². The smallest absolute Gasteiger partial charge is 0.338 e. The van der Waals surface area contributed by atoms with E-state index >= 15 is 0 Å². The van der Waals surface area contributed by atoms with Gasteiger partial charge in [0.1, 0.15) is 6.61 Å². The highest BCUT2D eigenvalue weighted by Crippen LogP contribution is 2.29. The lowest BCUT2D eigenvalue weighted by atomic mass is 10.2. The molecular formula is C17H17ClO4. The maximum atomic E-state index is 11.8. The number of hydrogen-bond donors (Lipinski definition) is 0. The van der Waals surface area contributed by atoms with Gasteiger partial charge in [-0.05, 0) is 42.8 Å². The van der Waals surface area contributed by atoms with Crippen molar-refractivity contribution in [1.29, 1.82) is 0 Å². The Kier molecular flexibility index (Phi) is 5.67. The number of hydrogen-bond acceptors (Lipinski definition) is 4. The van der Waals surface area contributed by atoms with Gasteiger partial charge < -0.3 is 14.2 Å². The molecule has 0 amide bonds. The zero-order valence-corrected chi connectivity index (χ0v) is 13.2. The summed E-state index contributed by atoms with van der Waals surface area (Å²) < 4.78 is 16.0. The van der Waals surface area contributed by atoms with Crippen molar-refractivity contribution >= 4 is 17.6 Å². The molecule has 0 atom stereocenters. The molecule has 0 aromatic heterocycles. The summed E-state index contributed by atoms with van der Waals surface area (Å²) in [4.78, 5) is 11.8. The van der Waals surface area contributed by atoms with Crippen LogP contribution in [0.25, 0.3) is 0 Å². The molecule has 0 spiro atoms. The molecule has 0 bridgehead atoms. The topological polar surface area (TPSA) is 44.8 Å². The first kappa shape index (κ1) is 16.2. The fourth-order valence-corrected chi connectivity index (χ4v) is 2.00. The van der Waals surface area contributed by atoms with Gasteiger partial charge in [-0.15, -0.1) is 0 Å². The van der Waals surface area contributed by atoms with Gasteiger partial charge in [0.2, 0.25) is 0 Å². The Hall–Kier alpha value is -2.20. The second-order valence-corrected chi connectivity index (χ2v) is 4.94. The summed E-state index contributed by atoms with van der Waals surface area (Å²) in [5, 5.41) is 0.672. The number of rotatable bonds is 6. The lowest BCUT2D eigenvalue weighted by Gasteiger charge is -2.12. The van der Waals surface area contributed by atoms with Crippen LogP contribution < -0.4 is 9.47 Å². The van der Waals surface area contributed by atoms with E-state index in [1.165, 1.54) is 0 Å². The van der Waals surface area contributed by atoms with E-state index in [4.69, 9.17) is 25.8 Å². The number of carbonyl (C=O) groups excluding carboxylic acids is 1. The largest absolute Gasteiger partial charge is 0.493 e. The average molecular weight is 321 g/mol. The van der Waals surface area contributed by atoms with Crippen molar-refractivity contribution in [3.05, 3.63) is 58.6 Å². The summed E-state index contributed by atoms with van der Waals surface area (Å²) in [7, 11) is 1.55. The molecule has 2 rings (SSSR count). The summed E-state index contributed by atoms with van der Waals surface area (Å²) >= 11 is 5.85. The standard InChI is InChI=1S/C17H17ClO4/c1-3-21-17(19)13-6-9-15(20-2)16(10-13)22-11-12-4-7-14(18)8-5-12/h4-10H,3,11H2,1-2H3. The van der Waals surface area contributed by atoms with Crippen molar-refractivity contribution in [2.24, 2.45) is 0 Å². The van der Waals surface area contributed by atoms with Crippen molar-refractivity contribution in [1.82, 2.24) is 0 Å². The molecule has 0 unspecified atom stereocenters. The molecule has 5 heteroatoms. The summed E-state index contributed by atoms with van der Waals surface area (Å²) in [6.07, 6.45) is 0. The minimum atomic E-state index is -0.388. The zero-order valence-electron chi connectivity index (χ0n) is 12.5. The summed E-state index contributed by atoms with van der Waals surface area (Å²) in [5.41, 5.74) is 1.39. The van der Waals surface area contributed by atoms with Gasteiger partial charge in [-0.1, -0.05) is 23.7 Å². The highest BCUT2D eigenvalue weighted by molar-refractivity contribution is 6.30. The Morgan fingerprint density at radius 3 is 2.45 bits per heavy atom. The lowest BCUT2D eigenvalue weighted by Crippen LogP contribution is -2.06. The van der Waals surface area contributed by atoms with Gasteiger partial charge >= 0.3 is 5.97 Å². The molecule has 0 N–H and O–H groups in total. The fraction of sp³-hybridized carbons (Fsp3) is 0.235. The average Bonchev–Trinajstić information content (AvgIpc) is 2.54. The lowest BCUT2D eigenvalue weighted by molar-refractivity contribution is 0.0525. The van der Waals surface area contributed by atoms with Crippen molar-refractivity contribution in [3.8, 4) is 11.5 Å². The van der Waals surface area contributed by atoms with Gasteiger partial charge in [-0.3, -0.25) is 0 Å². The van der Waals surface area contributed by atoms with Crippen molar-refractivity contribution in [2.75, 3.05) is 13.7 Å². The van der Waals surface area contributed by atoms with Gasteiger partial charge in [0.15, 0.2) is 11.5 Å². The number of methoxy groups -OCH3 is 1. The Labute approximate surface area is 134 Å². The van der Waals surface area contributed by atoms with Gasteiger partial charge in [0.05, 0.1) is 19.3 Å². The Morgan fingerprint density at radius 2 is 1.82 bits per heavy atom. The molecule has 0 aliphatic rings. The van der Waals surface area contributed by atoms with Crippen molar-refractivity contribution in [3.63, 3.8) is 0 Å². The van der Waals surface area contributed by atoms with E-state index in [0.29, 0.717) is 35.3 Å². The van der Waals surface area contributed by atoms with E-state index in [1.54, 1.807) is 44.4 Å². The first-order valence-electron chi connectivity index (χ1n) is 6.86. The van der Waals surface area contributed by atoms with Crippen LogP contribution >= 0.6 is 11.6 Å². The van der Waals surface area contributed by atoms with Crippen LogP contribution in [0.2, 0.25) is 5.02 Å². The van der Waals surface area contributed by atoms with Crippen LogP contribution in [-0.2, 0) is 11.3 Å². The van der Waals surface area contributed by atoms with E-state index in [0.717, 1.165) is 5.56 Å². The molecule has 22 heavy (non-hydrogen) atoms. The molecule has 0 heterocycles. The van der Waals surface area contributed by atoms with Gasteiger partial charge in [0.25, 0.3) is 0 Å². The van der Waals surface area contributed by atoms with Crippen molar-refractivity contribution < 1.29 is 19.0 Å². The molecule has 0 aliphatic carbocycles. The summed E-state index contributed by atoms with van der Waals surface area (Å²) in [6, 6.07) is 12.3. The molecule has 0 fully saturated rings. The number of esters is 1. The Bertz CT molecular complexity index is 638. The zero-order chi connectivity index (χ0) is 15.9. The first-order valence-corrected chi connectivity index (χ1v) is 7.24. The predicted octanol–water partition coefficient (Wildman–Crippen LogP) is 4.10. The maximum Gasteiger partial charge on any atom is 0.338 e. The third kappa shape index (κ3) is 4.15. The second kappa shape index (κ2) is 7.71. The van der Waals surface area contributed by atoms with E-state index in [2.05, 4.69) is 0 Å². The monoisotopic (exact) mass is 320 g/mol. The highest BCUT2D eigenvalue weighted by atomic mass is 35.5. The molecule has 0 aliphatic heterocycles. The molecule has 2 aromatic rings. The quantitative estimate of drug-likeness (QED) is 0.752. The molecule has 2 aromatic carbocycles. The molecule has 4 nitrogen and oxygen atoms in total. The van der Waals surface area contributed by atoms with Crippen LogP contribution in [-0.4, -0.2) is 19.7 Å². The normalized spacial score (nSPS) is 10.1. The first-order chi connectivity index (χ1) is 10.6. The Balaban J connectivity index is 2.15. The molecular weight excluding hydrogens is 304 g/mol.